The SMILES string of the molecule is COC(=O)C(Nc1nnc(Cl)c2ccccc12)C(C)C. The maximum absolute atomic E-state index is 11.8. The van der Waals surface area contributed by atoms with E-state index >= 15 is 0 Å². The molecule has 0 spiro atoms. The number of carbonyl (C=O) groups excluding carboxylic acids is 1. The van der Waals surface area contributed by atoms with Crippen LogP contribution < -0.4 is 5.32 Å². The lowest BCUT2D eigenvalue weighted by molar-refractivity contribution is -0.142. The molecule has 1 unspecified atom stereocenters. The van der Waals surface area contributed by atoms with E-state index in [1.165, 1.54) is 7.11 Å². The fourth-order valence-electron chi connectivity index (χ4n) is 1.95. The number of halogens is 1. The number of carbonyl (C=O) groups is 1. The molecule has 1 N–H and O–H groups in total. The van der Waals surface area contributed by atoms with Gasteiger partial charge in [0.15, 0.2) is 11.0 Å². The number of hydrogen-bond acceptors (Lipinski definition) is 5. The van der Waals surface area contributed by atoms with E-state index in [0.29, 0.717) is 11.0 Å². The van der Waals surface area contributed by atoms with Gasteiger partial charge in [-0.1, -0.05) is 49.7 Å². The summed E-state index contributed by atoms with van der Waals surface area (Å²) < 4.78 is 4.81. The second kappa shape index (κ2) is 6.05. The molecular formula is C14H16ClN3O2. The first-order chi connectivity index (χ1) is 9.54. The Morgan fingerprint density at radius 1 is 1.25 bits per heavy atom. The van der Waals surface area contributed by atoms with Crippen molar-refractivity contribution in [3.63, 3.8) is 0 Å². The smallest absolute Gasteiger partial charge is 0.328 e. The third-order valence-electron chi connectivity index (χ3n) is 3.06. The number of methoxy groups -OCH3 is 1. The van der Waals surface area contributed by atoms with Gasteiger partial charge in [-0.2, -0.15) is 0 Å². The summed E-state index contributed by atoms with van der Waals surface area (Å²) in [5, 5.41) is 13.0. The quantitative estimate of drug-likeness (QED) is 0.878. The van der Waals surface area contributed by atoms with Crippen LogP contribution in [0.3, 0.4) is 0 Å². The maximum Gasteiger partial charge on any atom is 0.328 e. The Morgan fingerprint density at radius 2 is 1.90 bits per heavy atom. The van der Waals surface area contributed by atoms with Gasteiger partial charge in [0.2, 0.25) is 0 Å². The topological polar surface area (TPSA) is 64.1 Å². The minimum absolute atomic E-state index is 0.0543. The molecule has 2 aromatic rings. The molecule has 20 heavy (non-hydrogen) atoms. The van der Waals surface area contributed by atoms with E-state index in [0.717, 1.165) is 10.8 Å². The average Bonchev–Trinajstić information content (AvgIpc) is 2.46. The number of nitrogens with zero attached hydrogens (tertiary/aromatic N) is 2. The van der Waals surface area contributed by atoms with Gasteiger partial charge in [-0.05, 0) is 5.92 Å². The highest BCUT2D eigenvalue weighted by Gasteiger charge is 2.24. The Kier molecular flexibility index (Phi) is 4.39. The van der Waals surface area contributed by atoms with Gasteiger partial charge in [0.05, 0.1) is 7.11 Å². The minimum Gasteiger partial charge on any atom is -0.467 e. The first kappa shape index (κ1) is 14.5. The number of aromatic nitrogens is 2. The lowest BCUT2D eigenvalue weighted by Crippen LogP contribution is -2.35. The van der Waals surface area contributed by atoms with Crippen LogP contribution in [0, 0.1) is 5.92 Å². The molecule has 1 atom stereocenters. The zero-order valence-corrected chi connectivity index (χ0v) is 12.3. The Hall–Kier alpha value is -1.88. The third-order valence-corrected chi connectivity index (χ3v) is 3.34. The summed E-state index contributed by atoms with van der Waals surface area (Å²) in [5.74, 6) is 0.244. The monoisotopic (exact) mass is 293 g/mol. The molecule has 0 aliphatic heterocycles. The fourth-order valence-corrected chi connectivity index (χ4v) is 2.15. The highest BCUT2D eigenvalue weighted by molar-refractivity contribution is 6.34. The van der Waals surface area contributed by atoms with Gasteiger partial charge in [0, 0.05) is 10.8 Å². The molecule has 0 radical (unpaired) electrons. The van der Waals surface area contributed by atoms with E-state index < -0.39 is 6.04 Å². The van der Waals surface area contributed by atoms with Gasteiger partial charge < -0.3 is 10.1 Å². The summed E-state index contributed by atoms with van der Waals surface area (Å²) in [6, 6.07) is 7.01. The van der Waals surface area contributed by atoms with Crippen LogP contribution in [-0.4, -0.2) is 29.3 Å². The normalized spacial score (nSPS) is 12.4. The van der Waals surface area contributed by atoms with Crippen LogP contribution in [0.5, 0.6) is 0 Å². The van der Waals surface area contributed by atoms with Crippen molar-refractivity contribution in [2.24, 2.45) is 5.92 Å². The molecule has 0 saturated carbocycles. The molecule has 1 aromatic heterocycles. The zero-order chi connectivity index (χ0) is 14.7. The fraction of sp³-hybridized carbons (Fsp3) is 0.357. The van der Waals surface area contributed by atoms with Crippen LogP contribution in [0.25, 0.3) is 10.8 Å². The van der Waals surface area contributed by atoms with Crippen molar-refractivity contribution in [2.45, 2.75) is 19.9 Å². The molecule has 5 nitrogen and oxygen atoms in total. The first-order valence-electron chi connectivity index (χ1n) is 6.30. The zero-order valence-electron chi connectivity index (χ0n) is 11.6. The van der Waals surface area contributed by atoms with E-state index in [1.807, 2.05) is 38.1 Å². The number of nitrogens with one attached hydrogen (secondary N) is 1. The number of ether oxygens (including phenoxy) is 1. The maximum atomic E-state index is 11.8. The standard InChI is InChI=1S/C14H16ClN3O2/c1-8(2)11(14(19)20-3)16-13-10-7-5-4-6-9(10)12(15)17-18-13/h4-8,11H,1-3H3,(H,16,18). The van der Waals surface area contributed by atoms with Gasteiger partial charge in [-0.25, -0.2) is 4.79 Å². The van der Waals surface area contributed by atoms with Gasteiger partial charge in [-0.15, -0.1) is 10.2 Å². The number of anilines is 1. The minimum atomic E-state index is -0.487. The van der Waals surface area contributed by atoms with Crippen molar-refractivity contribution in [3.8, 4) is 0 Å². The Labute approximate surface area is 122 Å². The van der Waals surface area contributed by atoms with Gasteiger partial charge >= 0.3 is 5.97 Å². The van der Waals surface area contributed by atoms with E-state index in [-0.39, 0.29) is 11.9 Å². The van der Waals surface area contributed by atoms with Crippen LogP contribution >= 0.6 is 11.6 Å². The van der Waals surface area contributed by atoms with Crippen LogP contribution in [0.15, 0.2) is 24.3 Å². The van der Waals surface area contributed by atoms with E-state index in [2.05, 4.69) is 15.5 Å². The molecule has 0 aliphatic rings. The second-order valence-corrected chi connectivity index (χ2v) is 5.13. The Balaban J connectivity index is 2.43. The van der Waals surface area contributed by atoms with Crippen LogP contribution in [-0.2, 0) is 9.53 Å². The van der Waals surface area contributed by atoms with Crippen LogP contribution in [0.1, 0.15) is 13.8 Å². The number of benzene rings is 1. The summed E-state index contributed by atoms with van der Waals surface area (Å²) in [6.07, 6.45) is 0. The molecule has 0 fully saturated rings. The highest BCUT2D eigenvalue weighted by atomic mass is 35.5. The van der Waals surface area contributed by atoms with Crippen molar-refractivity contribution in [1.29, 1.82) is 0 Å². The number of rotatable bonds is 4. The van der Waals surface area contributed by atoms with E-state index in [9.17, 15) is 4.79 Å². The van der Waals surface area contributed by atoms with E-state index in [1.54, 1.807) is 0 Å². The molecule has 6 heteroatoms. The van der Waals surface area contributed by atoms with Crippen molar-refractivity contribution in [3.05, 3.63) is 29.4 Å². The summed E-state index contributed by atoms with van der Waals surface area (Å²) in [4.78, 5) is 11.8. The molecule has 1 heterocycles. The number of esters is 1. The van der Waals surface area contributed by atoms with Gasteiger partial charge in [0.25, 0.3) is 0 Å². The lowest BCUT2D eigenvalue weighted by atomic mass is 10.0. The summed E-state index contributed by atoms with van der Waals surface area (Å²) in [5.41, 5.74) is 0. The number of hydrogen-bond donors (Lipinski definition) is 1. The van der Waals surface area contributed by atoms with Crippen molar-refractivity contribution >= 4 is 34.2 Å². The lowest BCUT2D eigenvalue weighted by Gasteiger charge is -2.20. The predicted molar refractivity (Wildman–Crippen MR) is 78.8 cm³/mol. The average molecular weight is 294 g/mol. The highest BCUT2D eigenvalue weighted by Crippen LogP contribution is 2.26. The van der Waals surface area contributed by atoms with Crippen molar-refractivity contribution in [1.82, 2.24) is 10.2 Å². The molecule has 0 bridgehead atoms. The third kappa shape index (κ3) is 2.82. The molecular weight excluding hydrogens is 278 g/mol. The van der Waals surface area contributed by atoms with Gasteiger partial charge in [0.1, 0.15) is 6.04 Å². The van der Waals surface area contributed by atoms with Crippen LogP contribution in [0.2, 0.25) is 5.15 Å². The second-order valence-electron chi connectivity index (χ2n) is 4.77. The van der Waals surface area contributed by atoms with E-state index in [4.69, 9.17) is 16.3 Å². The predicted octanol–water partition coefficient (Wildman–Crippen LogP) is 2.89. The molecule has 0 aliphatic carbocycles. The molecule has 0 amide bonds. The first-order valence-corrected chi connectivity index (χ1v) is 6.67. The summed E-state index contributed by atoms with van der Waals surface area (Å²) in [7, 11) is 1.37. The summed E-state index contributed by atoms with van der Waals surface area (Å²) in [6.45, 7) is 3.86. The molecule has 2 rings (SSSR count). The number of fused-ring (bicyclic) bond motifs is 1. The molecule has 1 aromatic carbocycles. The van der Waals surface area contributed by atoms with Crippen molar-refractivity contribution < 1.29 is 9.53 Å². The molecule has 106 valence electrons. The largest absolute Gasteiger partial charge is 0.467 e. The Morgan fingerprint density at radius 3 is 2.50 bits per heavy atom. The van der Waals surface area contributed by atoms with Gasteiger partial charge in [-0.3, -0.25) is 0 Å². The van der Waals surface area contributed by atoms with Crippen molar-refractivity contribution in [2.75, 3.05) is 12.4 Å². The summed E-state index contributed by atoms with van der Waals surface area (Å²) >= 11 is 6.02. The molecule has 0 saturated heterocycles. The van der Waals surface area contributed by atoms with Crippen LogP contribution in [0.4, 0.5) is 5.82 Å². The Bertz CT molecular complexity index is 631.